The van der Waals surface area contributed by atoms with E-state index in [-0.39, 0.29) is 5.41 Å². The molecule has 8 aromatic rings. The van der Waals surface area contributed by atoms with Crippen molar-refractivity contribution in [2.75, 3.05) is 4.90 Å². The van der Waals surface area contributed by atoms with Crippen molar-refractivity contribution in [2.24, 2.45) is 0 Å². The van der Waals surface area contributed by atoms with Crippen molar-refractivity contribution in [2.45, 2.75) is 19.3 Å². The van der Waals surface area contributed by atoms with E-state index in [0.717, 1.165) is 27.6 Å². The third kappa shape index (κ3) is 4.48. The lowest BCUT2D eigenvalue weighted by molar-refractivity contribution is 0.632. The maximum Gasteiger partial charge on any atom is 0.135 e. The smallest absolute Gasteiger partial charge is 0.135 e. The molecule has 1 aliphatic rings. The molecule has 0 radical (unpaired) electrons. The van der Waals surface area contributed by atoms with E-state index in [0.29, 0.717) is 0 Å². The molecule has 0 N–H and O–H groups in total. The topological polar surface area (TPSA) is 16.4 Å². The van der Waals surface area contributed by atoms with Crippen LogP contribution in [0.1, 0.15) is 25.0 Å². The molecule has 0 amide bonds. The third-order valence-corrected chi connectivity index (χ3v) is 9.89. The summed E-state index contributed by atoms with van der Waals surface area (Å²) in [5, 5.41) is 2.30. The molecule has 47 heavy (non-hydrogen) atoms. The van der Waals surface area contributed by atoms with Gasteiger partial charge in [0.15, 0.2) is 0 Å². The van der Waals surface area contributed by atoms with E-state index in [1.165, 1.54) is 55.9 Å². The van der Waals surface area contributed by atoms with Crippen molar-refractivity contribution in [1.82, 2.24) is 0 Å². The molecule has 0 bridgehead atoms. The molecule has 0 spiro atoms. The first-order chi connectivity index (χ1) is 23.0. The SMILES string of the molecule is CC1(C)c2ccccc2N(c2ccc(-c3ccccc3)cc2)c2ccc(-c3ccc(-c4ccc5oc6ccccc6c5c4)cc3)cc21. The molecule has 2 heterocycles. The first-order valence-electron chi connectivity index (χ1n) is 16.3. The average molecular weight is 604 g/mol. The summed E-state index contributed by atoms with van der Waals surface area (Å²) in [5.74, 6) is 0. The molecule has 0 unspecified atom stereocenters. The summed E-state index contributed by atoms with van der Waals surface area (Å²) in [7, 11) is 0. The van der Waals surface area contributed by atoms with E-state index in [2.05, 4.69) is 170 Å². The molecular formula is C45H33NO. The first kappa shape index (κ1) is 27.5. The van der Waals surface area contributed by atoms with E-state index in [4.69, 9.17) is 4.42 Å². The summed E-state index contributed by atoms with van der Waals surface area (Å²) in [6.45, 7) is 4.70. The Hall–Kier alpha value is -5.86. The second-order valence-corrected chi connectivity index (χ2v) is 13.0. The van der Waals surface area contributed by atoms with Crippen LogP contribution in [0.3, 0.4) is 0 Å². The highest BCUT2D eigenvalue weighted by atomic mass is 16.3. The zero-order chi connectivity index (χ0) is 31.5. The Bertz CT molecular complexity index is 2410. The second kappa shape index (κ2) is 10.6. The van der Waals surface area contributed by atoms with Crippen LogP contribution >= 0.6 is 0 Å². The summed E-state index contributed by atoms with van der Waals surface area (Å²) in [6.07, 6.45) is 0. The Morgan fingerprint density at radius 2 is 0.936 bits per heavy atom. The van der Waals surface area contributed by atoms with Crippen molar-refractivity contribution in [3.8, 4) is 33.4 Å². The minimum atomic E-state index is -0.162. The van der Waals surface area contributed by atoms with Gasteiger partial charge in [-0.15, -0.1) is 0 Å². The number of benzene rings is 7. The Morgan fingerprint density at radius 1 is 0.404 bits per heavy atom. The number of furan rings is 1. The van der Waals surface area contributed by atoms with E-state index in [1.54, 1.807) is 0 Å². The molecule has 2 nitrogen and oxygen atoms in total. The Balaban J connectivity index is 1.09. The van der Waals surface area contributed by atoms with Crippen LogP contribution in [0.2, 0.25) is 0 Å². The van der Waals surface area contributed by atoms with Crippen molar-refractivity contribution in [3.63, 3.8) is 0 Å². The molecule has 9 rings (SSSR count). The van der Waals surface area contributed by atoms with Gasteiger partial charge in [0.2, 0.25) is 0 Å². The summed E-state index contributed by atoms with van der Waals surface area (Å²) in [4.78, 5) is 2.42. The van der Waals surface area contributed by atoms with Crippen LogP contribution in [0.15, 0.2) is 168 Å². The number of nitrogens with zero attached hydrogens (tertiary/aromatic N) is 1. The Labute approximate surface area is 275 Å². The van der Waals surface area contributed by atoms with Crippen molar-refractivity contribution in [1.29, 1.82) is 0 Å². The number of fused-ring (bicyclic) bond motifs is 5. The lowest BCUT2D eigenvalue weighted by Crippen LogP contribution is -2.30. The molecular weight excluding hydrogens is 571 g/mol. The van der Waals surface area contributed by atoms with Gasteiger partial charge >= 0.3 is 0 Å². The van der Waals surface area contributed by atoms with Gasteiger partial charge in [-0.2, -0.15) is 0 Å². The predicted molar refractivity (Wildman–Crippen MR) is 197 cm³/mol. The number of hydrogen-bond donors (Lipinski definition) is 0. The van der Waals surface area contributed by atoms with Crippen LogP contribution in [0.25, 0.3) is 55.3 Å². The van der Waals surface area contributed by atoms with Gasteiger partial charge in [0.05, 0.1) is 11.4 Å². The van der Waals surface area contributed by atoms with Gasteiger partial charge in [-0.05, 0) is 93.0 Å². The minimum Gasteiger partial charge on any atom is -0.456 e. The lowest BCUT2D eigenvalue weighted by Gasteiger charge is -2.42. The minimum absolute atomic E-state index is 0.162. The molecule has 0 atom stereocenters. The van der Waals surface area contributed by atoms with Crippen molar-refractivity contribution < 1.29 is 4.42 Å². The summed E-state index contributed by atoms with van der Waals surface area (Å²) >= 11 is 0. The maximum atomic E-state index is 6.06. The average Bonchev–Trinajstić information content (AvgIpc) is 3.50. The monoisotopic (exact) mass is 603 g/mol. The number of hydrogen-bond acceptors (Lipinski definition) is 2. The highest BCUT2D eigenvalue weighted by molar-refractivity contribution is 6.06. The van der Waals surface area contributed by atoms with E-state index in [1.807, 2.05) is 12.1 Å². The zero-order valence-corrected chi connectivity index (χ0v) is 26.4. The number of para-hydroxylation sites is 2. The van der Waals surface area contributed by atoms with Gasteiger partial charge in [-0.3, -0.25) is 0 Å². The third-order valence-electron chi connectivity index (χ3n) is 9.89. The molecule has 0 aliphatic carbocycles. The van der Waals surface area contributed by atoms with E-state index in [9.17, 15) is 0 Å². The van der Waals surface area contributed by atoms with Crippen molar-refractivity contribution in [3.05, 3.63) is 175 Å². The molecule has 1 aliphatic heterocycles. The van der Waals surface area contributed by atoms with Gasteiger partial charge < -0.3 is 9.32 Å². The molecule has 224 valence electrons. The number of rotatable bonds is 4. The van der Waals surface area contributed by atoms with Gasteiger partial charge in [0.1, 0.15) is 11.2 Å². The highest BCUT2D eigenvalue weighted by Gasteiger charge is 2.37. The fourth-order valence-electron chi connectivity index (χ4n) is 7.36. The molecule has 0 saturated carbocycles. The number of anilines is 3. The second-order valence-electron chi connectivity index (χ2n) is 13.0. The Morgan fingerprint density at radius 3 is 1.72 bits per heavy atom. The fourth-order valence-corrected chi connectivity index (χ4v) is 7.36. The van der Waals surface area contributed by atoms with Gasteiger partial charge in [-0.25, -0.2) is 0 Å². The molecule has 7 aromatic carbocycles. The van der Waals surface area contributed by atoms with Gasteiger partial charge in [0.25, 0.3) is 0 Å². The highest BCUT2D eigenvalue weighted by Crippen LogP contribution is 2.52. The summed E-state index contributed by atoms with van der Waals surface area (Å²) < 4.78 is 6.06. The lowest BCUT2D eigenvalue weighted by atomic mass is 9.73. The van der Waals surface area contributed by atoms with Crippen LogP contribution in [-0.2, 0) is 5.41 Å². The molecule has 1 aromatic heterocycles. The molecule has 0 fully saturated rings. The van der Waals surface area contributed by atoms with E-state index < -0.39 is 0 Å². The standard InChI is InChI=1S/C45H33NO/c1-45(2)39-13-7-8-14-41(39)46(36-24-20-31(21-25-36)30-10-4-3-5-11-30)42-26-22-35(29-40(42)45)33-18-16-32(17-19-33)34-23-27-44-38(28-34)37-12-6-9-15-43(37)47-44/h3-29H,1-2H3. The summed E-state index contributed by atoms with van der Waals surface area (Å²) in [5.41, 5.74) is 15.2. The maximum absolute atomic E-state index is 6.06. The van der Waals surface area contributed by atoms with Crippen molar-refractivity contribution >= 4 is 39.0 Å². The molecule has 2 heteroatoms. The predicted octanol–water partition coefficient (Wildman–Crippen LogP) is 12.7. The quantitative estimate of drug-likeness (QED) is 0.199. The van der Waals surface area contributed by atoms with Crippen LogP contribution in [0.5, 0.6) is 0 Å². The first-order valence-corrected chi connectivity index (χ1v) is 16.3. The normalized spacial score (nSPS) is 13.4. The largest absolute Gasteiger partial charge is 0.456 e. The van der Waals surface area contributed by atoms with Crippen LogP contribution < -0.4 is 4.90 Å². The van der Waals surface area contributed by atoms with Crippen LogP contribution in [0, 0.1) is 0 Å². The van der Waals surface area contributed by atoms with E-state index >= 15 is 0 Å². The fraction of sp³-hybridized carbons (Fsp3) is 0.0667. The van der Waals surface area contributed by atoms with Crippen LogP contribution in [0.4, 0.5) is 17.1 Å². The zero-order valence-electron chi connectivity index (χ0n) is 26.4. The van der Waals surface area contributed by atoms with Gasteiger partial charge in [-0.1, -0.05) is 129 Å². The van der Waals surface area contributed by atoms with Crippen LogP contribution in [-0.4, -0.2) is 0 Å². The Kier molecular flexibility index (Phi) is 6.20. The molecule has 0 saturated heterocycles. The van der Waals surface area contributed by atoms with Gasteiger partial charge in [0, 0.05) is 21.9 Å². The summed E-state index contributed by atoms with van der Waals surface area (Å²) in [6, 6.07) is 59.0.